The summed E-state index contributed by atoms with van der Waals surface area (Å²) in [7, 11) is 5.31. The SMILES string of the molecule is CC(C)C(C(=O)O)N(C)C(=O)[C@H]1CCN(C(=O)C#CC(C)(C)N(C)C)C1. The molecule has 0 aromatic heterocycles. The third kappa shape index (κ3) is 5.21. The zero-order valence-corrected chi connectivity index (χ0v) is 16.9. The topological polar surface area (TPSA) is 81.2 Å². The molecule has 1 N–H and O–H groups in total. The molecule has 1 fully saturated rings. The van der Waals surface area contributed by atoms with Gasteiger partial charge in [0.05, 0.1) is 11.5 Å². The van der Waals surface area contributed by atoms with Crippen molar-refractivity contribution in [2.24, 2.45) is 11.8 Å². The van der Waals surface area contributed by atoms with E-state index in [1.165, 1.54) is 11.9 Å². The van der Waals surface area contributed by atoms with Gasteiger partial charge in [0.15, 0.2) is 0 Å². The molecule has 0 aromatic carbocycles. The summed E-state index contributed by atoms with van der Waals surface area (Å²) < 4.78 is 0. The second-order valence-electron chi connectivity index (χ2n) is 7.92. The molecule has 1 aliphatic rings. The fourth-order valence-corrected chi connectivity index (χ4v) is 2.87. The van der Waals surface area contributed by atoms with E-state index in [1.54, 1.807) is 18.7 Å². The van der Waals surface area contributed by atoms with E-state index in [-0.39, 0.29) is 30.2 Å². The van der Waals surface area contributed by atoms with Crippen LogP contribution in [0.5, 0.6) is 0 Å². The molecule has 0 radical (unpaired) electrons. The van der Waals surface area contributed by atoms with Gasteiger partial charge in [-0.05, 0) is 46.2 Å². The number of nitrogens with zero attached hydrogens (tertiary/aromatic N) is 3. The average Bonchev–Trinajstić information content (AvgIpc) is 3.00. The van der Waals surface area contributed by atoms with Crippen LogP contribution in [-0.4, -0.2) is 83.4 Å². The van der Waals surface area contributed by atoms with Crippen molar-refractivity contribution < 1.29 is 19.5 Å². The number of likely N-dealkylation sites (tertiary alicyclic amines) is 1. The van der Waals surface area contributed by atoms with Crippen LogP contribution in [0, 0.1) is 23.7 Å². The molecule has 1 saturated heterocycles. The maximum Gasteiger partial charge on any atom is 0.326 e. The molecule has 26 heavy (non-hydrogen) atoms. The first kappa shape index (κ1) is 22.0. The monoisotopic (exact) mass is 365 g/mol. The maximum absolute atomic E-state index is 12.7. The van der Waals surface area contributed by atoms with E-state index in [9.17, 15) is 19.5 Å². The minimum atomic E-state index is -1.02. The second-order valence-corrected chi connectivity index (χ2v) is 7.92. The Morgan fingerprint density at radius 3 is 2.23 bits per heavy atom. The van der Waals surface area contributed by atoms with Crippen molar-refractivity contribution in [1.82, 2.24) is 14.7 Å². The number of likely N-dealkylation sites (N-methyl/N-ethyl adjacent to an activating group) is 1. The summed E-state index contributed by atoms with van der Waals surface area (Å²) >= 11 is 0. The van der Waals surface area contributed by atoms with Crippen LogP contribution in [0.25, 0.3) is 0 Å². The van der Waals surface area contributed by atoms with Crippen molar-refractivity contribution in [3.8, 4) is 11.8 Å². The first-order chi connectivity index (χ1) is 11.9. The molecule has 1 unspecified atom stereocenters. The van der Waals surface area contributed by atoms with Gasteiger partial charge in [0.2, 0.25) is 5.91 Å². The Kier molecular flexibility index (Phi) is 7.22. The van der Waals surface area contributed by atoms with Gasteiger partial charge in [-0.2, -0.15) is 0 Å². The molecular weight excluding hydrogens is 334 g/mol. The van der Waals surface area contributed by atoms with Crippen molar-refractivity contribution in [3.63, 3.8) is 0 Å². The standard InChI is InChI=1S/C19H31N3O4/c1-13(2)16(18(25)26)21(7)17(24)14-9-11-22(12-14)15(23)8-10-19(3,4)20(5)6/h13-14,16H,9,11-12H2,1-7H3,(H,25,26)/t14-,16?/m0/s1. The summed E-state index contributed by atoms with van der Waals surface area (Å²) in [5.74, 6) is 3.51. The average molecular weight is 365 g/mol. The van der Waals surface area contributed by atoms with Crippen LogP contribution in [0.1, 0.15) is 34.1 Å². The Labute approximate surface area is 156 Å². The molecule has 146 valence electrons. The van der Waals surface area contributed by atoms with Crippen LogP contribution < -0.4 is 0 Å². The van der Waals surface area contributed by atoms with Crippen LogP contribution in [-0.2, 0) is 14.4 Å². The summed E-state index contributed by atoms with van der Waals surface area (Å²) in [6.07, 6.45) is 0.526. The lowest BCUT2D eigenvalue weighted by Crippen LogP contribution is -2.48. The molecular formula is C19H31N3O4. The predicted molar refractivity (Wildman–Crippen MR) is 99.3 cm³/mol. The molecule has 2 amide bonds. The molecule has 0 saturated carbocycles. The number of rotatable bonds is 5. The van der Waals surface area contributed by atoms with Crippen molar-refractivity contribution in [1.29, 1.82) is 0 Å². The summed E-state index contributed by atoms with van der Waals surface area (Å²) in [6, 6.07) is -0.868. The van der Waals surface area contributed by atoms with E-state index < -0.39 is 17.6 Å². The van der Waals surface area contributed by atoms with Gasteiger partial charge < -0.3 is 14.9 Å². The minimum absolute atomic E-state index is 0.195. The molecule has 0 aliphatic carbocycles. The highest BCUT2D eigenvalue weighted by Gasteiger charge is 2.37. The van der Waals surface area contributed by atoms with Crippen LogP contribution in [0.15, 0.2) is 0 Å². The van der Waals surface area contributed by atoms with E-state index in [2.05, 4.69) is 11.8 Å². The molecule has 1 aliphatic heterocycles. The van der Waals surface area contributed by atoms with Crippen molar-refractivity contribution in [3.05, 3.63) is 0 Å². The van der Waals surface area contributed by atoms with Crippen molar-refractivity contribution >= 4 is 17.8 Å². The number of carbonyl (C=O) groups excluding carboxylic acids is 2. The van der Waals surface area contributed by atoms with E-state index >= 15 is 0 Å². The Morgan fingerprint density at radius 1 is 1.19 bits per heavy atom. The van der Waals surface area contributed by atoms with Gasteiger partial charge >= 0.3 is 5.97 Å². The smallest absolute Gasteiger partial charge is 0.326 e. The fourth-order valence-electron chi connectivity index (χ4n) is 2.87. The molecule has 7 heteroatoms. The Morgan fingerprint density at radius 2 is 1.77 bits per heavy atom. The van der Waals surface area contributed by atoms with E-state index in [0.717, 1.165) is 0 Å². The zero-order valence-electron chi connectivity index (χ0n) is 16.9. The van der Waals surface area contributed by atoms with Crippen molar-refractivity contribution in [2.75, 3.05) is 34.2 Å². The molecule has 7 nitrogen and oxygen atoms in total. The van der Waals surface area contributed by atoms with Crippen LogP contribution >= 0.6 is 0 Å². The normalized spacial score (nSPS) is 18.5. The van der Waals surface area contributed by atoms with Gasteiger partial charge in [-0.3, -0.25) is 14.5 Å². The number of hydrogen-bond donors (Lipinski definition) is 1. The van der Waals surface area contributed by atoms with Gasteiger partial charge in [-0.1, -0.05) is 19.8 Å². The van der Waals surface area contributed by atoms with Crippen LogP contribution in [0.4, 0.5) is 0 Å². The summed E-state index contributed by atoms with van der Waals surface area (Å²) in [5, 5.41) is 9.36. The highest BCUT2D eigenvalue weighted by Crippen LogP contribution is 2.21. The minimum Gasteiger partial charge on any atom is -0.480 e. The van der Waals surface area contributed by atoms with E-state index in [4.69, 9.17) is 0 Å². The Bertz CT molecular complexity index is 616. The van der Waals surface area contributed by atoms with Gasteiger partial charge in [0, 0.05) is 20.1 Å². The molecule has 0 spiro atoms. The maximum atomic E-state index is 12.7. The number of aliphatic carboxylic acids is 1. The first-order valence-electron chi connectivity index (χ1n) is 8.87. The molecule has 2 atom stereocenters. The molecule has 0 aromatic rings. The number of carbonyl (C=O) groups is 3. The highest BCUT2D eigenvalue weighted by molar-refractivity contribution is 5.94. The van der Waals surface area contributed by atoms with E-state index in [0.29, 0.717) is 13.0 Å². The second kappa shape index (κ2) is 8.54. The zero-order chi connectivity index (χ0) is 20.2. The number of amides is 2. The number of carboxylic acids is 1. The highest BCUT2D eigenvalue weighted by atomic mass is 16.4. The Hall–Kier alpha value is -2.07. The quantitative estimate of drug-likeness (QED) is 0.727. The third-order valence-electron chi connectivity index (χ3n) is 5.07. The Balaban J connectivity index is 2.77. The van der Waals surface area contributed by atoms with Crippen molar-refractivity contribution in [2.45, 2.75) is 45.7 Å². The summed E-state index contributed by atoms with van der Waals surface area (Å²) in [6.45, 7) is 8.14. The van der Waals surface area contributed by atoms with Crippen LogP contribution in [0.3, 0.4) is 0 Å². The summed E-state index contributed by atoms with van der Waals surface area (Å²) in [4.78, 5) is 41.2. The van der Waals surface area contributed by atoms with Gasteiger partial charge in [-0.25, -0.2) is 4.79 Å². The first-order valence-corrected chi connectivity index (χ1v) is 8.87. The third-order valence-corrected chi connectivity index (χ3v) is 5.07. The molecule has 1 heterocycles. The van der Waals surface area contributed by atoms with Gasteiger partial charge in [0.1, 0.15) is 6.04 Å². The largest absolute Gasteiger partial charge is 0.480 e. The number of carboxylic acid groups (broad SMARTS) is 1. The lowest BCUT2D eigenvalue weighted by molar-refractivity contribution is -0.152. The van der Waals surface area contributed by atoms with Crippen LogP contribution in [0.2, 0.25) is 0 Å². The lowest BCUT2D eigenvalue weighted by Gasteiger charge is -2.29. The van der Waals surface area contributed by atoms with E-state index in [1.807, 2.05) is 32.8 Å². The predicted octanol–water partition coefficient (Wildman–Crippen LogP) is 0.746. The lowest BCUT2D eigenvalue weighted by atomic mass is 10.0. The summed E-state index contributed by atoms with van der Waals surface area (Å²) in [5.41, 5.74) is -0.420. The molecule has 1 rings (SSSR count). The molecule has 0 bridgehead atoms. The fraction of sp³-hybridized carbons (Fsp3) is 0.737. The number of hydrogen-bond acceptors (Lipinski definition) is 4. The van der Waals surface area contributed by atoms with Gasteiger partial charge in [-0.15, -0.1) is 0 Å². The van der Waals surface area contributed by atoms with Gasteiger partial charge in [0.25, 0.3) is 5.91 Å².